The second-order valence-electron chi connectivity index (χ2n) is 7.30. The van der Waals surface area contributed by atoms with Gasteiger partial charge in [0.2, 0.25) is 0 Å². The van der Waals surface area contributed by atoms with Crippen molar-refractivity contribution >= 4 is 0 Å². The third kappa shape index (κ3) is 5.58. The van der Waals surface area contributed by atoms with Gasteiger partial charge in [0.15, 0.2) is 0 Å². The van der Waals surface area contributed by atoms with Crippen LogP contribution in [0.25, 0.3) is 0 Å². The Kier molecular flexibility index (Phi) is 6.62. The molecule has 0 bridgehead atoms. The highest BCUT2D eigenvalue weighted by atomic mass is 16.5. The van der Waals surface area contributed by atoms with Gasteiger partial charge in [-0.25, -0.2) is 0 Å². The summed E-state index contributed by atoms with van der Waals surface area (Å²) in [5, 5.41) is 14.9. The highest BCUT2D eigenvalue weighted by Crippen LogP contribution is 2.20. The number of aliphatic hydroxyl groups is 1. The minimum atomic E-state index is -0.538. The number of likely N-dealkylation sites (N-methyl/N-ethyl adjacent to an activating group) is 1. The molecule has 1 N–H and O–H groups in total. The van der Waals surface area contributed by atoms with Crippen LogP contribution in [-0.2, 0) is 13.6 Å². The zero-order valence-electron chi connectivity index (χ0n) is 16.3. The fourth-order valence-electron chi connectivity index (χ4n) is 2.98. The van der Waals surface area contributed by atoms with Gasteiger partial charge in [-0.2, -0.15) is 5.10 Å². The van der Waals surface area contributed by atoms with Gasteiger partial charge in [-0.3, -0.25) is 9.58 Å². The molecule has 5 nitrogen and oxygen atoms in total. The molecule has 1 heterocycles. The second kappa shape index (κ2) is 8.50. The van der Waals surface area contributed by atoms with E-state index in [-0.39, 0.29) is 0 Å². The van der Waals surface area contributed by atoms with Crippen molar-refractivity contribution in [3.63, 3.8) is 0 Å². The van der Waals surface area contributed by atoms with E-state index in [4.69, 9.17) is 4.74 Å². The maximum atomic E-state index is 10.3. The maximum absolute atomic E-state index is 10.3. The Hall–Kier alpha value is -1.85. The lowest BCUT2D eigenvalue weighted by Crippen LogP contribution is -2.33. The highest BCUT2D eigenvalue weighted by Gasteiger charge is 2.15. The molecule has 0 saturated carbocycles. The Morgan fingerprint density at radius 2 is 2.00 bits per heavy atom. The van der Waals surface area contributed by atoms with Crippen LogP contribution >= 0.6 is 0 Å². The third-order valence-electron chi connectivity index (χ3n) is 4.22. The summed E-state index contributed by atoms with van der Waals surface area (Å²) in [4.78, 5) is 2.11. The van der Waals surface area contributed by atoms with Crippen molar-refractivity contribution in [2.75, 3.05) is 20.2 Å². The first-order valence-corrected chi connectivity index (χ1v) is 8.85. The maximum Gasteiger partial charge on any atom is 0.122 e. The Morgan fingerprint density at radius 1 is 1.28 bits per heavy atom. The first-order chi connectivity index (χ1) is 11.8. The summed E-state index contributed by atoms with van der Waals surface area (Å²) in [5.74, 6) is 1.23. The molecule has 0 spiro atoms. The lowest BCUT2D eigenvalue weighted by Gasteiger charge is -2.21. The number of rotatable bonds is 8. The molecule has 0 fully saturated rings. The van der Waals surface area contributed by atoms with Gasteiger partial charge < -0.3 is 9.84 Å². The van der Waals surface area contributed by atoms with E-state index in [1.165, 1.54) is 5.56 Å². The van der Waals surface area contributed by atoms with Gasteiger partial charge in [0.05, 0.1) is 5.69 Å². The summed E-state index contributed by atoms with van der Waals surface area (Å²) >= 11 is 0. The molecule has 0 aliphatic rings. The molecule has 1 aromatic heterocycles. The van der Waals surface area contributed by atoms with E-state index in [1.807, 2.05) is 44.8 Å². The van der Waals surface area contributed by atoms with E-state index >= 15 is 0 Å². The zero-order chi connectivity index (χ0) is 18.6. The number of hydrogen-bond acceptors (Lipinski definition) is 4. The quantitative estimate of drug-likeness (QED) is 0.799. The average molecular weight is 345 g/mol. The van der Waals surface area contributed by atoms with Crippen LogP contribution in [0.4, 0.5) is 0 Å². The number of aliphatic hydroxyl groups excluding tert-OH is 1. The molecule has 0 saturated heterocycles. The summed E-state index contributed by atoms with van der Waals surface area (Å²) in [7, 11) is 3.96. The number of benzene rings is 1. The van der Waals surface area contributed by atoms with E-state index in [0.29, 0.717) is 19.1 Å². The molecule has 0 amide bonds. The fourth-order valence-corrected chi connectivity index (χ4v) is 2.98. The molecule has 25 heavy (non-hydrogen) atoms. The van der Waals surface area contributed by atoms with Crippen molar-refractivity contribution in [3.05, 3.63) is 46.8 Å². The molecule has 1 unspecified atom stereocenters. The van der Waals surface area contributed by atoms with Crippen LogP contribution in [0.5, 0.6) is 5.75 Å². The van der Waals surface area contributed by atoms with Crippen molar-refractivity contribution < 1.29 is 9.84 Å². The molecule has 0 aliphatic heterocycles. The molecular weight excluding hydrogens is 314 g/mol. The fraction of sp³-hybridized carbons (Fsp3) is 0.550. The van der Waals surface area contributed by atoms with Gasteiger partial charge in [0, 0.05) is 31.9 Å². The summed E-state index contributed by atoms with van der Waals surface area (Å²) in [6.45, 7) is 9.97. The van der Waals surface area contributed by atoms with E-state index in [1.54, 1.807) is 0 Å². The lowest BCUT2D eigenvalue weighted by atomic mass is 10.1. The lowest BCUT2D eigenvalue weighted by molar-refractivity contribution is 0.0740. The van der Waals surface area contributed by atoms with Crippen molar-refractivity contribution in [1.29, 1.82) is 0 Å². The monoisotopic (exact) mass is 345 g/mol. The normalized spacial score (nSPS) is 12.8. The highest BCUT2D eigenvalue weighted by molar-refractivity contribution is 5.35. The predicted octanol–water partition coefficient (Wildman–Crippen LogP) is 3.03. The number of nitrogens with zero attached hydrogens (tertiary/aromatic N) is 3. The molecule has 0 radical (unpaired) electrons. The Bertz CT molecular complexity index is 694. The van der Waals surface area contributed by atoms with Gasteiger partial charge in [-0.15, -0.1) is 0 Å². The molecule has 0 aliphatic carbocycles. The van der Waals surface area contributed by atoms with Crippen molar-refractivity contribution in [3.8, 4) is 5.75 Å². The predicted molar refractivity (Wildman–Crippen MR) is 101 cm³/mol. The van der Waals surface area contributed by atoms with Crippen LogP contribution in [0, 0.1) is 13.8 Å². The van der Waals surface area contributed by atoms with Crippen LogP contribution in [-0.4, -0.2) is 46.1 Å². The summed E-state index contributed by atoms with van der Waals surface area (Å²) in [6, 6.07) is 6.11. The standard InChI is InChI=1S/C20H31N3O2/c1-14(2)20-17(11-23(6)21-20)10-22(5)12-18(24)13-25-19-9-15(3)7-8-16(19)4/h7-9,11,14,18,24H,10,12-13H2,1-6H3. The number of ether oxygens (including phenoxy) is 1. The van der Waals surface area contributed by atoms with Gasteiger partial charge in [-0.05, 0) is 44.0 Å². The van der Waals surface area contributed by atoms with Crippen molar-refractivity contribution in [2.24, 2.45) is 7.05 Å². The average Bonchev–Trinajstić information content (AvgIpc) is 2.88. The summed E-state index contributed by atoms with van der Waals surface area (Å²) in [6.07, 6.45) is 1.52. The van der Waals surface area contributed by atoms with E-state index in [0.717, 1.165) is 29.1 Å². The van der Waals surface area contributed by atoms with Crippen molar-refractivity contribution in [1.82, 2.24) is 14.7 Å². The molecule has 1 aromatic carbocycles. The van der Waals surface area contributed by atoms with Crippen LogP contribution in [0.2, 0.25) is 0 Å². The van der Waals surface area contributed by atoms with Crippen LogP contribution in [0.1, 0.15) is 42.1 Å². The number of aryl methyl sites for hydroxylation is 3. The van der Waals surface area contributed by atoms with Crippen LogP contribution in [0.3, 0.4) is 0 Å². The van der Waals surface area contributed by atoms with Gasteiger partial charge in [0.1, 0.15) is 18.5 Å². The number of hydrogen-bond donors (Lipinski definition) is 1. The van der Waals surface area contributed by atoms with Gasteiger partial charge in [-0.1, -0.05) is 26.0 Å². The zero-order valence-corrected chi connectivity index (χ0v) is 16.3. The van der Waals surface area contributed by atoms with E-state index < -0.39 is 6.10 Å². The molecule has 5 heteroatoms. The van der Waals surface area contributed by atoms with E-state index in [9.17, 15) is 5.11 Å². The number of aromatic nitrogens is 2. The Morgan fingerprint density at radius 3 is 2.68 bits per heavy atom. The Labute approximate surface area is 151 Å². The first kappa shape index (κ1) is 19.5. The van der Waals surface area contributed by atoms with Crippen LogP contribution in [0.15, 0.2) is 24.4 Å². The molecule has 1 atom stereocenters. The molecular formula is C20H31N3O2. The van der Waals surface area contributed by atoms with E-state index in [2.05, 4.69) is 36.1 Å². The largest absolute Gasteiger partial charge is 0.491 e. The van der Waals surface area contributed by atoms with Gasteiger partial charge in [0.25, 0.3) is 0 Å². The molecule has 2 rings (SSSR count). The van der Waals surface area contributed by atoms with Gasteiger partial charge >= 0.3 is 0 Å². The summed E-state index contributed by atoms with van der Waals surface area (Å²) < 4.78 is 7.66. The second-order valence-corrected chi connectivity index (χ2v) is 7.30. The van der Waals surface area contributed by atoms with Crippen LogP contribution < -0.4 is 4.74 Å². The topological polar surface area (TPSA) is 50.5 Å². The molecule has 138 valence electrons. The third-order valence-corrected chi connectivity index (χ3v) is 4.22. The summed E-state index contributed by atoms with van der Waals surface area (Å²) in [5.41, 5.74) is 4.58. The minimum Gasteiger partial charge on any atom is -0.491 e. The SMILES string of the molecule is Cc1ccc(C)c(OCC(O)CN(C)Cc2cn(C)nc2C(C)C)c1. The van der Waals surface area contributed by atoms with Crippen molar-refractivity contribution in [2.45, 2.75) is 46.3 Å². The molecule has 2 aromatic rings. The smallest absolute Gasteiger partial charge is 0.122 e. The Balaban J connectivity index is 1.88. The minimum absolute atomic E-state index is 0.290. The first-order valence-electron chi connectivity index (χ1n) is 8.85.